The van der Waals surface area contributed by atoms with Gasteiger partial charge in [-0.05, 0) is 12.1 Å². The van der Waals surface area contributed by atoms with E-state index in [4.69, 9.17) is 5.26 Å². The highest BCUT2D eigenvalue weighted by Crippen LogP contribution is 2.29. The molecule has 1 aromatic carbocycles. The molecule has 5 nitrogen and oxygen atoms in total. The zero-order chi connectivity index (χ0) is 12.4. The number of benzene rings is 1. The first-order valence-electron chi connectivity index (χ1n) is 4.82. The van der Waals surface area contributed by atoms with E-state index < -0.39 is 5.97 Å². The zero-order valence-corrected chi connectivity index (χ0v) is 8.98. The van der Waals surface area contributed by atoms with Gasteiger partial charge in [-0.1, -0.05) is 12.1 Å². The zero-order valence-electron chi connectivity index (χ0n) is 8.98. The first-order chi connectivity index (χ1) is 8.19. The second-order valence-corrected chi connectivity index (χ2v) is 3.35. The predicted octanol–water partition coefficient (Wildman–Crippen LogP) is 1.25. The van der Waals surface area contributed by atoms with E-state index in [2.05, 4.69) is 10.1 Å². The molecule has 1 aliphatic heterocycles. The monoisotopic (exact) mass is 228 g/mol. The van der Waals surface area contributed by atoms with E-state index in [0.29, 0.717) is 11.3 Å². The number of carbonyl (C=O) groups excluding carboxylic acids is 2. The van der Waals surface area contributed by atoms with E-state index in [0.717, 1.165) is 7.11 Å². The van der Waals surface area contributed by atoms with Gasteiger partial charge in [0.15, 0.2) is 5.57 Å². The third kappa shape index (κ3) is 1.66. The largest absolute Gasteiger partial charge is 0.465 e. The fourth-order valence-electron chi connectivity index (χ4n) is 1.60. The molecule has 5 heteroatoms. The van der Waals surface area contributed by atoms with Crippen LogP contribution in [0.4, 0.5) is 5.69 Å². The molecular weight excluding hydrogens is 220 g/mol. The smallest absolute Gasteiger partial charge is 0.350 e. The molecule has 0 unspecified atom stereocenters. The van der Waals surface area contributed by atoms with Gasteiger partial charge >= 0.3 is 5.97 Å². The number of ketones is 1. The van der Waals surface area contributed by atoms with Gasteiger partial charge in [0.2, 0.25) is 5.78 Å². The molecule has 0 saturated heterocycles. The van der Waals surface area contributed by atoms with Crippen molar-refractivity contribution in [2.45, 2.75) is 0 Å². The molecule has 84 valence electrons. The summed E-state index contributed by atoms with van der Waals surface area (Å²) in [6.45, 7) is 0. The minimum atomic E-state index is -0.823. The molecule has 0 atom stereocenters. The Hall–Kier alpha value is -2.61. The van der Waals surface area contributed by atoms with Gasteiger partial charge in [-0.2, -0.15) is 5.26 Å². The number of nitrogens with zero attached hydrogens (tertiary/aromatic N) is 1. The quantitative estimate of drug-likeness (QED) is 0.444. The second kappa shape index (κ2) is 4.10. The van der Waals surface area contributed by atoms with Gasteiger partial charge in [0.25, 0.3) is 0 Å². The van der Waals surface area contributed by atoms with Crippen molar-refractivity contribution < 1.29 is 14.3 Å². The molecule has 0 radical (unpaired) electrons. The number of nitrogens with one attached hydrogen (secondary N) is 1. The summed E-state index contributed by atoms with van der Waals surface area (Å²) in [4.78, 5) is 23.3. The van der Waals surface area contributed by atoms with Crippen molar-refractivity contribution in [2.24, 2.45) is 0 Å². The van der Waals surface area contributed by atoms with E-state index in [9.17, 15) is 9.59 Å². The lowest BCUT2D eigenvalue weighted by molar-refractivity contribution is -0.135. The number of fused-ring (bicyclic) bond motifs is 1. The molecule has 0 aliphatic carbocycles. The standard InChI is InChI=1S/C12H8N2O3/c1-17-12(16)8(6-13)10-11(15)7-4-2-3-5-9(7)14-10/h2-5,14H,1H3/b10-8+. The number of esters is 1. The molecule has 0 fully saturated rings. The van der Waals surface area contributed by atoms with Gasteiger partial charge in [0.05, 0.1) is 7.11 Å². The van der Waals surface area contributed by atoms with Crippen molar-refractivity contribution in [1.29, 1.82) is 5.26 Å². The van der Waals surface area contributed by atoms with Crippen LogP contribution in [0, 0.1) is 11.3 Å². The van der Waals surface area contributed by atoms with Crippen LogP contribution < -0.4 is 5.32 Å². The van der Waals surface area contributed by atoms with E-state index >= 15 is 0 Å². The molecule has 0 saturated carbocycles. The highest BCUT2D eigenvalue weighted by Gasteiger charge is 2.30. The lowest BCUT2D eigenvalue weighted by Crippen LogP contribution is -2.12. The van der Waals surface area contributed by atoms with E-state index in [1.807, 2.05) is 0 Å². The Balaban J connectivity index is 2.53. The summed E-state index contributed by atoms with van der Waals surface area (Å²) in [6, 6.07) is 8.48. The highest BCUT2D eigenvalue weighted by atomic mass is 16.5. The lowest BCUT2D eigenvalue weighted by Gasteiger charge is -2.01. The third-order valence-corrected chi connectivity index (χ3v) is 2.41. The minimum absolute atomic E-state index is 0.0273. The average Bonchev–Trinajstić information content (AvgIpc) is 2.68. The number of Topliss-reactive ketones (excluding diaryl/α,β-unsaturated/α-hetero) is 1. The average molecular weight is 228 g/mol. The van der Waals surface area contributed by atoms with Crippen LogP contribution in [0.25, 0.3) is 0 Å². The van der Waals surface area contributed by atoms with Crippen LogP contribution in [0.5, 0.6) is 0 Å². The summed E-state index contributed by atoms with van der Waals surface area (Å²) in [6.07, 6.45) is 0. The van der Waals surface area contributed by atoms with Crippen LogP contribution in [-0.4, -0.2) is 18.9 Å². The van der Waals surface area contributed by atoms with Crippen molar-refractivity contribution in [2.75, 3.05) is 12.4 Å². The van der Waals surface area contributed by atoms with Gasteiger partial charge in [-0.15, -0.1) is 0 Å². The molecule has 1 N–H and O–H groups in total. The van der Waals surface area contributed by atoms with Crippen LogP contribution in [0.15, 0.2) is 35.5 Å². The molecule has 1 heterocycles. The van der Waals surface area contributed by atoms with Crippen LogP contribution in [0.3, 0.4) is 0 Å². The number of hydrogen-bond acceptors (Lipinski definition) is 5. The van der Waals surface area contributed by atoms with Crippen molar-refractivity contribution >= 4 is 17.4 Å². The Labute approximate surface area is 97.3 Å². The number of hydrogen-bond donors (Lipinski definition) is 1. The summed E-state index contributed by atoms with van der Waals surface area (Å²) in [5.41, 5.74) is 0.692. The van der Waals surface area contributed by atoms with Crippen molar-refractivity contribution in [3.63, 3.8) is 0 Å². The Morgan fingerprint density at radius 3 is 2.71 bits per heavy atom. The maximum absolute atomic E-state index is 11.9. The molecule has 1 aromatic rings. The van der Waals surface area contributed by atoms with Gasteiger partial charge in [-0.3, -0.25) is 4.79 Å². The van der Waals surface area contributed by atoms with Crippen LogP contribution >= 0.6 is 0 Å². The SMILES string of the molecule is COC(=O)/C(C#N)=C1/Nc2ccccc2C1=O. The minimum Gasteiger partial charge on any atom is -0.465 e. The maximum atomic E-state index is 11.9. The summed E-state index contributed by atoms with van der Waals surface area (Å²) in [5.74, 6) is -1.20. The number of para-hydroxylation sites is 1. The molecule has 17 heavy (non-hydrogen) atoms. The number of rotatable bonds is 1. The molecule has 2 rings (SSSR count). The predicted molar refractivity (Wildman–Crippen MR) is 59.1 cm³/mol. The van der Waals surface area contributed by atoms with Crippen molar-refractivity contribution in [3.8, 4) is 6.07 Å². The normalized spacial score (nSPS) is 15.6. The fraction of sp³-hybridized carbons (Fsp3) is 0.0833. The second-order valence-electron chi connectivity index (χ2n) is 3.35. The fourth-order valence-corrected chi connectivity index (χ4v) is 1.60. The molecule has 0 bridgehead atoms. The molecule has 1 aliphatic rings. The van der Waals surface area contributed by atoms with Gasteiger partial charge in [-0.25, -0.2) is 4.79 Å². The van der Waals surface area contributed by atoms with E-state index in [-0.39, 0.29) is 17.1 Å². The molecule has 0 amide bonds. The maximum Gasteiger partial charge on any atom is 0.350 e. The van der Waals surface area contributed by atoms with Gasteiger partial charge in [0.1, 0.15) is 11.8 Å². The van der Waals surface area contributed by atoms with Crippen molar-refractivity contribution in [1.82, 2.24) is 0 Å². The van der Waals surface area contributed by atoms with Gasteiger partial charge < -0.3 is 10.1 Å². The van der Waals surface area contributed by atoms with Crippen LogP contribution in [0.1, 0.15) is 10.4 Å². The number of ether oxygens (including phenoxy) is 1. The van der Waals surface area contributed by atoms with Crippen LogP contribution in [0.2, 0.25) is 0 Å². The summed E-state index contributed by atoms with van der Waals surface area (Å²) >= 11 is 0. The Morgan fingerprint density at radius 1 is 1.41 bits per heavy atom. The summed E-state index contributed by atoms with van der Waals surface area (Å²) in [7, 11) is 1.16. The molecule has 0 spiro atoms. The Morgan fingerprint density at radius 2 is 2.12 bits per heavy atom. The number of carbonyl (C=O) groups is 2. The van der Waals surface area contributed by atoms with Crippen LogP contribution in [-0.2, 0) is 9.53 Å². The van der Waals surface area contributed by atoms with E-state index in [1.54, 1.807) is 30.3 Å². The van der Waals surface area contributed by atoms with E-state index in [1.165, 1.54) is 0 Å². The highest BCUT2D eigenvalue weighted by molar-refractivity contribution is 6.21. The molecular formula is C12H8N2O3. The first-order valence-corrected chi connectivity index (χ1v) is 4.82. The Kier molecular flexibility index (Phi) is 2.63. The first kappa shape index (κ1) is 10.9. The number of methoxy groups -OCH3 is 1. The third-order valence-electron chi connectivity index (χ3n) is 2.41. The lowest BCUT2D eigenvalue weighted by atomic mass is 10.1. The van der Waals surface area contributed by atoms with Gasteiger partial charge in [0, 0.05) is 11.3 Å². The molecule has 0 aromatic heterocycles. The Bertz CT molecular complexity index is 582. The number of nitriles is 1. The number of allylic oxidation sites excluding steroid dienone is 1. The number of anilines is 1. The summed E-state index contributed by atoms with van der Waals surface area (Å²) < 4.78 is 4.45. The summed E-state index contributed by atoms with van der Waals surface area (Å²) in [5, 5.41) is 11.6. The topological polar surface area (TPSA) is 79.2 Å². The van der Waals surface area contributed by atoms with Crippen molar-refractivity contribution in [3.05, 3.63) is 41.1 Å².